The van der Waals surface area contributed by atoms with Gasteiger partial charge in [-0.3, -0.25) is 9.78 Å². The summed E-state index contributed by atoms with van der Waals surface area (Å²) < 4.78 is 0. The molecule has 166 valence electrons. The van der Waals surface area contributed by atoms with Crippen molar-refractivity contribution in [3.05, 3.63) is 102 Å². The van der Waals surface area contributed by atoms with Crippen LogP contribution < -0.4 is 5.73 Å². The van der Waals surface area contributed by atoms with Gasteiger partial charge in [-0.15, -0.1) is 0 Å². The van der Waals surface area contributed by atoms with Crippen molar-refractivity contribution in [3.8, 4) is 0 Å². The average Bonchev–Trinajstić information content (AvgIpc) is 2.88. The van der Waals surface area contributed by atoms with Crippen molar-refractivity contribution in [1.29, 1.82) is 0 Å². The Morgan fingerprint density at radius 2 is 1.73 bits per heavy atom. The third kappa shape index (κ3) is 4.72. The van der Waals surface area contributed by atoms with Gasteiger partial charge in [-0.2, -0.15) is 0 Å². The summed E-state index contributed by atoms with van der Waals surface area (Å²) in [4.78, 5) is 23.6. The quantitative estimate of drug-likeness (QED) is 0.477. The highest BCUT2D eigenvalue weighted by Gasteiger charge is 2.25. The minimum absolute atomic E-state index is 0.122. The molecule has 3 heterocycles. The monoisotopic (exact) mass is 436 g/mol. The number of aryl methyl sites for hydroxylation is 2. The number of carbonyl (C=O) groups is 1. The van der Waals surface area contributed by atoms with Crippen LogP contribution in [0.3, 0.4) is 0 Å². The molecule has 33 heavy (non-hydrogen) atoms. The summed E-state index contributed by atoms with van der Waals surface area (Å²) in [5.41, 5.74) is 10.4. The van der Waals surface area contributed by atoms with Crippen molar-refractivity contribution >= 4 is 22.5 Å². The van der Waals surface area contributed by atoms with Gasteiger partial charge in [0.15, 0.2) is 0 Å². The molecule has 5 nitrogen and oxygen atoms in total. The Morgan fingerprint density at radius 1 is 0.909 bits per heavy atom. The number of nitrogen functional groups attached to an aromatic ring is 1. The number of hydrogen-bond donors (Lipinski definition) is 1. The van der Waals surface area contributed by atoms with Crippen LogP contribution in [-0.2, 0) is 12.8 Å². The van der Waals surface area contributed by atoms with Crippen LogP contribution in [0.1, 0.15) is 45.9 Å². The van der Waals surface area contributed by atoms with Crippen molar-refractivity contribution in [2.75, 3.05) is 18.8 Å². The highest BCUT2D eigenvalue weighted by atomic mass is 16.2. The summed E-state index contributed by atoms with van der Waals surface area (Å²) in [5, 5.41) is 2.12. The van der Waals surface area contributed by atoms with Crippen molar-refractivity contribution < 1.29 is 4.79 Å². The summed E-state index contributed by atoms with van der Waals surface area (Å²) in [6.07, 6.45) is 7.31. The van der Waals surface area contributed by atoms with Crippen LogP contribution in [0.5, 0.6) is 0 Å². The van der Waals surface area contributed by atoms with Gasteiger partial charge in [0.2, 0.25) is 0 Å². The number of nitrogens with two attached hydrogens (primary N) is 1. The lowest BCUT2D eigenvalue weighted by Gasteiger charge is -2.32. The van der Waals surface area contributed by atoms with Crippen LogP contribution in [0.15, 0.2) is 79.1 Å². The van der Waals surface area contributed by atoms with Gasteiger partial charge in [0.25, 0.3) is 5.91 Å². The Labute approximate surface area is 194 Å². The number of piperidine rings is 1. The third-order valence-electron chi connectivity index (χ3n) is 6.67. The number of nitrogens with zero attached hydrogens (tertiary/aromatic N) is 3. The lowest BCUT2D eigenvalue weighted by Crippen LogP contribution is -2.37. The van der Waals surface area contributed by atoms with Gasteiger partial charge >= 0.3 is 0 Å². The van der Waals surface area contributed by atoms with Crippen LogP contribution in [0.4, 0.5) is 5.82 Å². The summed E-state index contributed by atoms with van der Waals surface area (Å²) in [7, 11) is 0. The number of rotatable bonds is 5. The molecule has 0 aliphatic carbocycles. The summed E-state index contributed by atoms with van der Waals surface area (Å²) in [5.74, 6) is 1.13. The van der Waals surface area contributed by atoms with Gasteiger partial charge in [-0.05, 0) is 84.5 Å². The smallest absolute Gasteiger partial charge is 0.253 e. The molecule has 4 aromatic rings. The van der Waals surface area contributed by atoms with E-state index in [4.69, 9.17) is 5.73 Å². The molecule has 2 aromatic carbocycles. The van der Waals surface area contributed by atoms with Crippen LogP contribution >= 0.6 is 0 Å². The Bertz CT molecular complexity index is 1250. The van der Waals surface area contributed by atoms with Crippen LogP contribution in [0.2, 0.25) is 0 Å². The molecule has 5 heteroatoms. The molecule has 0 bridgehead atoms. The van der Waals surface area contributed by atoms with E-state index in [0.29, 0.717) is 11.7 Å². The summed E-state index contributed by atoms with van der Waals surface area (Å²) in [6.45, 7) is 1.54. The SMILES string of the molecule is Nc1nccc2ccc(C3CCN(C(=O)c4ccc(CCc5ccccn5)cc4)CC3)cc12. The molecule has 0 saturated carbocycles. The zero-order valence-electron chi connectivity index (χ0n) is 18.7. The minimum Gasteiger partial charge on any atom is -0.383 e. The first-order chi connectivity index (χ1) is 16.2. The normalized spacial score (nSPS) is 14.5. The Hall–Kier alpha value is -3.73. The van der Waals surface area contributed by atoms with E-state index in [1.54, 1.807) is 6.20 Å². The number of aromatic nitrogens is 2. The number of anilines is 1. The topological polar surface area (TPSA) is 72.1 Å². The van der Waals surface area contributed by atoms with E-state index in [0.717, 1.165) is 60.8 Å². The molecular weight excluding hydrogens is 408 g/mol. The highest BCUT2D eigenvalue weighted by molar-refractivity contribution is 5.94. The fourth-order valence-electron chi connectivity index (χ4n) is 4.69. The maximum atomic E-state index is 13.0. The lowest BCUT2D eigenvalue weighted by atomic mass is 9.88. The van der Waals surface area contributed by atoms with Crippen molar-refractivity contribution in [2.24, 2.45) is 0 Å². The predicted octanol–water partition coefficient (Wildman–Crippen LogP) is 5.02. The fraction of sp³-hybridized carbons (Fsp3) is 0.250. The van der Waals surface area contributed by atoms with E-state index in [-0.39, 0.29) is 5.91 Å². The van der Waals surface area contributed by atoms with Gasteiger partial charge in [0, 0.05) is 42.1 Å². The standard InChI is InChI=1S/C28H28N4O/c29-27-26-19-24(10-9-22(26)12-16-31-27)21-13-17-32(18-14-21)28(33)23-7-4-20(5-8-23)6-11-25-3-1-2-15-30-25/h1-5,7-10,12,15-16,19,21H,6,11,13-14,17-18H2,(H2,29,31). The molecular formula is C28H28N4O. The number of likely N-dealkylation sites (tertiary alicyclic amines) is 1. The molecule has 1 saturated heterocycles. The van der Waals surface area contributed by atoms with Gasteiger partial charge in [-0.25, -0.2) is 4.98 Å². The second-order valence-corrected chi connectivity index (χ2v) is 8.76. The number of benzene rings is 2. The molecule has 1 aliphatic rings. The van der Waals surface area contributed by atoms with E-state index < -0.39 is 0 Å². The van der Waals surface area contributed by atoms with Crippen molar-refractivity contribution in [1.82, 2.24) is 14.9 Å². The number of fused-ring (bicyclic) bond motifs is 1. The number of pyridine rings is 2. The predicted molar refractivity (Wildman–Crippen MR) is 132 cm³/mol. The molecule has 5 rings (SSSR count). The van der Waals surface area contributed by atoms with Gasteiger partial charge in [0.05, 0.1) is 0 Å². The first-order valence-corrected chi connectivity index (χ1v) is 11.6. The fourth-order valence-corrected chi connectivity index (χ4v) is 4.69. The minimum atomic E-state index is 0.122. The van der Waals surface area contributed by atoms with Crippen molar-refractivity contribution in [3.63, 3.8) is 0 Å². The van der Waals surface area contributed by atoms with Crippen LogP contribution in [-0.4, -0.2) is 33.9 Å². The Morgan fingerprint density at radius 3 is 2.48 bits per heavy atom. The number of hydrogen-bond acceptors (Lipinski definition) is 4. The summed E-state index contributed by atoms with van der Waals surface area (Å²) in [6, 6.07) is 22.5. The molecule has 1 aliphatic heterocycles. The molecule has 2 N–H and O–H groups in total. The van der Waals surface area contributed by atoms with Gasteiger partial charge in [0.1, 0.15) is 5.82 Å². The third-order valence-corrected chi connectivity index (χ3v) is 6.67. The van der Waals surface area contributed by atoms with Crippen molar-refractivity contribution in [2.45, 2.75) is 31.6 Å². The first kappa shape index (κ1) is 21.1. The molecule has 1 fully saturated rings. The Balaban J connectivity index is 1.19. The van der Waals surface area contributed by atoms with Crippen LogP contribution in [0.25, 0.3) is 10.8 Å². The summed E-state index contributed by atoms with van der Waals surface area (Å²) >= 11 is 0. The molecule has 0 unspecified atom stereocenters. The molecule has 2 aromatic heterocycles. The maximum absolute atomic E-state index is 13.0. The lowest BCUT2D eigenvalue weighted by molar-refractivity contribution is 0.0713. The van der Waals surface area contributed by atoms with E-state index >= 15 is 0 Å². The second-order valence-electron chi connectivity index (χ2n) is 8.76. The average molecular weight is 437 g/mol. The molecule has 0 radical (unpaired) electrons. The maximum Gasteiger partial charge on any atom is 0.253 e. The number of amides is 1. The number of carbonyl (C=O) groups excluding carboxylic acids is 1. The van der Waals surface area contributed by atoms with E-state index in [9.17, 15) is 4.79 Å². The van der Waals surface area contributed by atoms with Gasteiger partial charge in [-0.1, -0.05) is 30.3 Å². The van der Waals surface area contributed by atoms with E-state index in [1.807, 2.05) is 47.5 Å². The van der Waals surface area contributed by atoms with E-state index in [1.165, 1.54) is 11.1 Å². The Kier molecular flexibility index (Phi) is 6.03. The van der Waals surface area contributed by atoms with E-state index in [2.05, 4.69) is 40.3 Å². The molecule has 0 spiro atoms. The largest absolute Gasteiger partial charge is 0.383 e. The highest BCUT2D eigenvalue weighted by Crippen LogP contribution is 2.31. The first-order valence-electron chi connectivity index (χ1n) is 11.6. The zero-order valence-corrected chi connectivity index (χ0v) is 18.7. The second kappa shape index (κ2) is 9.41. The van der Waals surface area contributed by atoms with Gasteiger partial charge < -0.3 is 10.6 Å². The molecule has 0 atom stereocenters. The molecule has 1 amide bonds. The van der Waals surface area contributed by atoms with Crippen LogP contribution in [0, 0.1) is 0 Å². The zero-order chi connectivity index (χ0) is 22.6.